The molecule has 0 unspecified atom stereocenters. The minimum absolute atomic E-state index is 0. The zero-order valence-electron chi connectivity index (χ0n) is 14.9. The first-order valence-electron chi connectivity index (χ1n) is 8.31. The minimum atomic E-state index is -0.171. The third-order valence-electron chi connectivity index (χ3n) is 3.94. The summed E-state index contributed by atoms with van der Waals surface area (Å²) < 4.78 is 9.69. The number of rotatable bonds is 7. The van der Waals surface area contributed by atoms with Gasteiger partial charge in [-0.25, -0.2) is 0 Å². The first-order valence-corrected chi connectivity index (χ1v) is 8.31. The van der Waals surface area contributed by atoms with Crippen LogP contribution < -0.4 is 5.32 Å². The van der Waals surface area contributed by atoms with Crippen LogP contribution in [-0.2, 0) is 19.1 Å². The van der Waals surface area contributed by atoms with E-state index in [1.807, 2.05) is 6.92 Å². The monoisotopic (exact) mass is 455 g/mol. The molecule has 140 valence electrons. The molecule has 8 heteroatoms. The topological polar surface area (TPSA) is 80.2 Å². The Morgan fingerprint density at radius 3 is 2.46 bits per heavy atom. The number of hydrogen-bond donors (Lipinski definition) is 1. The molecule has 0 aromatic rings. The zero-order chi connectivity index (χ0) is 17.1. The van der Waals surface area contributed by atoms with Gasteiger partial charge in [-0.2, -0.15) is 0 Å². The van der Waals surface area contributed by atoms with Gasteiger partial charge in [0.05, 0.1) is 19.6 Å². The largest absolute Gasteiger partial charge is 0.469 e. The number of carbonyl (C=O) groups is 2. The Labute approximate surface area is 161 Å². The van der Waals surface area contributed by atoms with Gasteiger partial charge in [-0.3, -0.25) is 14.6 Å². The number of esters is 2. The molecule has 0 aromatic carbocycles. The van der Waals surface area contributed by atoms with Crippen molar-refractivity contribution in [2.75, 3.05) is 40.4 Å². The number of hydrogen-bond acceptors (Lipinski definition) is 5. The van der Waals surface area contributed by atoms with Gasteiger partial charge in [-0.1, -0.05) is 0 Å². The van der Waals surface area contributed by atoms with Crippen LogP contribution in [0.25, 0.3) is 0 Å². The van der Waals surface area contributed by atoms with Gasteiger partial charge in [0.15, 0.2) is 5.96 Å². The molecule has 0 saturated carbocycles. The Bertz CT molecular complexity index is 410. The van der Waals surface area contributed by atoms with E-state index in [9.17, 15) is 9.59 Å². The molecule has 1 heterocycles. The van der Waals surface area contributed by atoms with E-state index in [4.69, 9.17) is 4.74 Å². The molecular formula is C16H30IN3O4. The second kappa shape index (κ2) is 13.3. The predicted octanol–water partition coefficient (Wildman–Crippen LogP) is 1.80. The SMILES string of the molecule is CCOC(=O)C1CCN(C(=NC)NCCCCC(=O)OC)CC1.I. The van der Waals surface area contributed by atoms with Crippen LogP contribution in [-0.4, -0.2) is 63.2 Å². The van der Waals surface area contributed by atoms with Gasteiger partial charge in [0.2, 0.25) is 0 Å². The third kappa shape index (κ3) is 8.16. The first-order chi connectivity index (χ1) is 11.1. The van der Waals surface area contributed by atoms with Gasteiger partial charge in [-0.05, 0) is 32.6 Å². The van der Waals surface area contributed by atoms with E-state index in [0.717, 1.165) is 51.3 Å². The number of guanidine groups is 1. The average molecular weight is 455 g/mol. The number of aliphatic imine (C=N–C) groups is 1. The standard InChI is InChI=1S/C16H29N3O4.HI/c1-4-23-15(21)13-8-11-19(12-9-13)16(17-2)18-10-6-5-7-14(20)22-3;/h13H,4-12H2,1-3H3,(H,17,18);1H. The number of piperidine rings is 1. The summed E-state index contributed by atoms with van der Waals surface area (Å²) in [5.74, 6) is 0.600. The molecule has 1 aliphatic rings. The normalized spacial score (nSPS) is 15.5. The van der Waals surface area contributed by atoms with E-state index in [-0.39, 0.29) is 41.8 Å². The number of nitrogens with one attached hydrogen (secondary N) is 1. The summed E-state index contributed by atoms with van der Waals surface area (Å²) in [4.78, 5) is 29.2. The smallest absolute Gasteiger partial charge is 0.309 e. The van der Waals surface area contributed by atoms with Gasteiger partial charge < -0.3 is 19.7 Å². The summed E-state index contributed by atoms with van der Waals surface area (Å²) in [6.45, 7) is 4.63. The van der Waals surface area contributed by atoms with Gasteiger partial charge in [0.1, 0.15) is 0 Å². The maximum atomic E-state index is 11.7. The Balaban J connectivity index is 0.00000529. The molecule has 0 aromatic heterocycles. The van der Waals surface area contributed by atoms with Crippen molar-refractivity contribution in [3.8, 4) is 0 Å². The van der Waals surface area contributed by atoms with Crippen molar-refractivity contribution < 1.29 is 19.1 Å². The summed E-state index contributed by atoms with van der Waals surface area (Å²) in [7, 11) is 3.16. The molecule has 1 aliphatic heterocycles. The van der Waals surface area contributed by atoms with Crippen LogP contribution in [0.3, 0.4) is 0 Å². The third-order valence-corrected chi connectivity index (χ3v) is 3.94. The lowest BCUT2D eigenvalue weighted by molar-refractivity contribution is -0.149. The van der Waals surface area contributed by atoms with Crippen LogP contribution in [0.2, 0.25) is 0 Å². The summed E-state index contributed by atoms with van der Waals surface area (Å²) >= 11 is 0. The maximum Gasteiger partial charge on any atom is 0.309 e. The quantitative estimate of drug-likeness (QED) is 0.207. The van der Waals surface area contributed by atoms with Gasteiger partial charge in [-0.15, -0.1) is 24.0 Å². The lowest BCUT2D eigenvalue weighted by atomic mass is 9.97. The molecule has 0 spiro atoms. The molecule has 1 rings (SSSR count). The number of unbranched alkanes of at least 4 members (excludes halogenated alkanes) is 1. The van der Waals surface area contributed by atoms with Crippen LogP contribution in [0, 0.1) is 5.92 Å². The average Bonchev–Trinajstić information content (AvgIpc) is 2.58. The highest BCUT2D eigenvalue weighted by Crippen LogP contribution is 2.18. The Morgan fingerprint density at radius 2 is 1.92 bits per heavy atom. The molecule has 0 amide bonds. The van der Waals surface area contributed by atoms with E-state index >= 15 is 0 Å². The summed E-state index contributed by atoms with van der Waals surface area (Å²) in [5, 5.41) is 3.31. The number of halogens is 1. The van der Waals surface area contributed by atoms with Gasteiger partial charge in [0, 0.05) is 33.1 Å². The Hall–Kier alpha value is -1.06. The Kier molecular flexibility index (Phi) is 12.7. The van der Waals surface area contributed by atoms with Crippen molar-refractivity contribution in [2.24, 2.45) is 10.9 Å². The fourth-order valence-corrected chi connectivity index (χ4v) is 2.62. The second-order valence-corrected chi connectivity index (χ2v) is 5.52. The van der Waals surface area contributed by atoms with Crippen molar-refractivity contribution in [3.05, 3.63) is 0 Å². The van der Waals surface area contributed by atoms with Crippen molar-refractivity contribution in [1.82, 2.24) is 10.2 Å². The van der Waals surface area contributed by atoms with Gasteiger partial charge >= 0.3 is 11.9 Å². The fourth-order valence-electron chi connectivity index (χ4n) is 2.62. The van der Waals surface area contributed by atoms with Crippen LogP contribution in [0.5, 0.6) is 0 Å². The lowest BCUT2D eigenvalue weighted by Gasteiger charge is -2.33. The maximum absolute atomic E-state index is 11.7. The molecule has 1 saturated heterocycles. The number of ether oxygens (including phenoxy) is 2. The molecule has 0 aliphatic carbocycles. The van der Waals surface area contributed by atoms with E-state index < -0.39 is 0 Å². The predicted molar refractivity (Wildman–Crippen MR) is 104 cm³/mol. The van der Waals surface area contributed by atoms with Gasteiger partial charge in [0.25, 0.3) is 0 Å². The second-order valence-electron chi connectivity index (χ2n) is 5.52. The number of carbonyl (C=O) groups excluding carboxylic acids is 2. The zero-order valence-corrected chi connectivity index (χ0v) is 17.2. The van der Waals surface area contributed by atoms with Crippen molar-refractivity contribution in [1.29, 1.82) is 0 Å². The Morgan fingerprint density at radius 1 is 1.25 bits per heavy atom. The summed E-state index contributed by atoms with van der Waals surface area (Å²) in [6, 6.07) is 0. The van der Waals surface area contributed by atoms with E-state index in [2.05, 4.69) is 19.9 Å². The molecule has 1 fully saturated rings. The van der Waals surface area contributed by atoms with E-state index in [1.165, 1.54) is 7.11 Å². The molecule has 0 bridgehead atoms. The number of nitrogens with zero attached hydrogens (tertiary/aromatic N) is 2. The highest BCUT2D eigenvalue weighted by molar-refractivity contribution is 14.0. The number of methoxy groups -OCH3 is 1. The minimum Gasteiger partial charge on any atom is -0.469 e. The van der Waals surface area contributed by atoms with Crippen LogP contribution >= 0.6 is 24.0 Å². The fraction of sp³-hybridized carbons (Fsp3) is 0.812. The van der Waals surface area contributed by atoms with Crippen LogP contribution in [0.15, 0.2) is 4.99 Å². The highest BCUT2D eigenvalue weighted by Gasteiger charge is 2.27. The molecular weight excluding hydrogens is 425 g/mol. The molecule has 0 radical (unpaired) electrons. The van der Waals surface area contributed by atoms with E-state index in [1.54, 1.807) is 7.05 Å². The van der Waals surface area contributed by atoms with Crippen LogP contribution in [0.1, 0.15) is 39.0 Å². The van der Waals surface area contributed by atoms with Crippen molar-refractivity contribution in [2.45, 2.75) is 39.0 Å². The number of likely N-dealkylation sites (tertiary alicyclic amines) is 1. The molecule has 1 N–H and O–H groups in total. The molecule has 7 nitrogen and oxygen atoms in total. The first kappa shape index (κ1) is 22.9. The highest BCUT2D eigenvalue weighted by atomic mass is 127. The van der Waals surface area contributed by atoms with E-state index in [0.29, 0.717) is 13.0 Å². The molecule has 0 atom stereocenters. The van der Waals surface area contributed by atoms with Crippen LogP contribution in [0.4, 0.5) is 0 Å². The lowest BCUT2D eigenvalue weighted by Crippen LogP contribution is -2.46. The van der Waals surface area contributed by atoms with Crippen molar-refractivity contribution >= 4 is 41.9 Å². The summed E-state index contributed by atoms with van der Waals surface area (Å²) in [6.07, 6.45) is 3.71. The summed E-state index contributed by atoms with van der Waals surface area (Å²) in [5.41, 5.74) is 0. The van der Waals surface area contributed by atoms with Crippen molar-refractivity contribution in [3.63, 3.8) is 0 Å². The molecule has 24 heavy (non-hydrogen) atoms.